The molecule has 3 unspecified atom stereocenters. The van der Waals surface area contributed by atoms with Gasteiger partial charge in [-0.15, -0.1) is 0 Å². The van der Waals surface area contributed by atoms with Gasteiger partial charge in [0.1, 0.15) is 6.10 Å². The third-order valence-corrected chi connectivity index (χ3v) is 5.48. The molecule has 1 aromatic rings. The molecule has 3 atom stereocenters. The van der Waals surface area contributed by atoms with E-state index in [0.717, 1.165) is 36.8 Å². The molecule has 0 N–H and O–H groups in total. The normalized spacial score (nSPS) is 25.4. The Kier molecular flexibility index (Phi) is 5.57. The number of esters is 1. The molecule has 0 bridgehead atoms. The Labute approximate surface area is 149 Å². The van der Waals surface area contributed by atoms with E-state index in [1.807, 2.05) is 30.3 Å². The molecule has 2 aliphatic rings. The lowest BCUT2D eigenvalue weighted by atomic mass is 9.84. The minimum Gasteiger partial charge on any atom is -0.462 e. The standard InChI is InChI=1S/C21H27NO3/c1-3-16-8-5-7-11-20(16)25-21(24)14-19-18-10-6-4-9-17(18)12-13-22(19)15(2)23/h4,6,9-10,12-13,16,19-20H,3,5,7-8,11,14H2,1-2H3. The Bertz CT molecular complexity index is 667. The van der Waals surface area contributed by atoms with E-state index in [2.05, 4.69) is 6.92 Å². The van der Waals surface area contributed by atoms with Crippen molar-refractivity contribution in [3.63, 3.8) is 0 Å². The molecule has 1 fully saturated rings. The summed E-state index contributed by atoms with van der Waals surface area (Å²) in [6.07, 6.45) is 9.44. The number of fused-ring (bicyclic) bond motifs is 1. The molecular formula is C21H27NO3. The highest BCUT2D eigenvalue weighted by Crippen LogP contribution is 2.34. The first-order valence-corrected chi connectivity index (χ1v) is 9.35. The van der Waals surface area contributed by atoms with Crippen molar-refractivity contribution < 1.29 is 14.3 Å². The van der Waals surface area contributed by atoms with Crippen LogP contribution in [0.5, 0.6) is 0 Å². The zero-order chi connectivity index (χ0) is 17.8. The van der Waals surface area contributed by atoms with Crippen molar-refractivity contribution in [1.29, 1.82) is 0 Å². The number of ether oxygens (including phenoxy) is 1. The highest BCUT2D eigenvalue weighted by molar-refractivity contribution is 5.80. The maximum absolute atomic E-state index is 12.6. The first kappa shape index (κ1) is 17.7. The van der Waals surface area contributed by atoms with Gasteiger partial charge in [0.15, 0.2) is 0 Å². The van der Waals surface area contributed by atoms with Crippen LogP contribution in [0.2, 0.25) is 0 Å². The molecule has 1 aliphatic heterocycles. The molecule has 0 spiro atoms. The van der Waals surface area contributed by atoms with Crippen molar-refractivity contribution in [3.8, 4) is 0 Å². The van der Waals surface area contributed by atoms with E-state index in [1.165, 1.54) is 13.3 Å². The average Bonchev–Trinajstić information content (AvgIpc) is 2.62. The second-order valence-corrected chi connectivity index (χ2v) is 7.07. The lowest BCUT2D eigenvalue weighted by Gasteiger charge is -2.34. The maximum atomic E-state index is 12.6. The number of hydrogen-bond acceptors (Lipinski definition) is 3. The number of carbonyl (C=O) groups is 2. The minimum absolute atomic E-state index is 0.0337. The van der Waals surface area contributed by atoms with Crippen molar-refractivity contribution in [3.05, 3.63) is 41.6 Å². The fourth-order valence-electron chi connectivity index (χ4n) is 4.08. The van der Waals surface area contributed by atoms with Crippen molar-refractivity contribution in [1.82, 2.24) is 4.90 Å². The number of amides is 1. The molecule has 4 nitrogen and oxygen atoms in total. The summed E-state index contributed by atoms with van der Waals surface area (Å²) >= 11 is 0. The summed E-state index contributed by atoms with van der Waals surface area (Å²) in [5.41, 5.74) is 2.06. The number of benzene rings is 1. The number of nitrogens with zero attached hydrogens (tertiary/aromatic N) is 1. The summed E-state index contributed by atoms with van der Waals surface area (Å²) < 4.78 is 5.84. The van der Waals surface area contributed by atoms with Crippen LogP contribution in [0.15, 0.2) is 30.5 Å². The lowest BCUT2D eigenvalue weighted by molar-refractivity contribution is -0.155. The van der Waals surface area contributed by atoms with Crippen molar-refractivity contribution in [2.45, 2.75) is 64.5 Å². The van der Waals surface area contributed by atoms with Gasteiger partial charge in [0, 0.05) is 13.1 Å². The van der Waals surface area contributed by atoms with Crippen LogP contribution in [0, 0.1) is 5.92 Å². The van der Waals surface area contributed by atoms with E-state index in [9.17, 15) is 9.59 Å². The Morgan fingerprint density at radius 3 is 2.72 bits per heavy atom. The zero-order valence-corrected chi connectivity index (χ0v) is 15.1. The maximum Gasteiger partial charge on any atom is 0.308 e. The van der Waals surface area contributed by atoms with Gasteiger partial charge in [0.05, 0.1) is 12.5 Å². The largest absolute Gasteiger partial charge is 0.462 e. The van der Waals surface area contributed by atoms with E-state index in [4.69, 9.17) is 4.74 Å². The Hall–Kier alpha value is -2.10. The molecule has 134 valence electrons. The molecule has 4 heteroatoms. The highest BCUT2D eigenvalue weighted by atomic mass is 16.5. The van der Waals surface area contributed by atoms with Gasteiger partial charge in [-0.1, -0.05) is 37.6 Å². The summed E-state index contributed by atoms with van der Waals surface area (Å²) in [5, 5.41) is 0. The minimum atomic E-state index is -0.283. The van der Waals surface area contributed by atoms with Crippen LogP contribution in [0.4, 0.5) is 0 Å². The second-order valence-electron chi connectivity index (χ2n) is 7.07. The lowest BCUT2D eigenvalue weighted by Crippen LogP contribution is -2.35. The van der Waals surface area contributed by atoms with Crippen LogP contribution < -0.4 is 0 Å². The summed E-state index contributed by atoms with van der Waals surface area (Å²) in [6.45, 7) is 3.70. The van der Waals surface area contributed by atoms with Gasteiger partial charge in [-0.25, -0.2) is 0 Å². The molecule has 3 rings (SSSR count). The average molecular weight is 341 g/mol. The quantitative estimate of drug-likeness (QED) is 0.760. The van der Waals surface area contributed by atoms with Gasteiger partial charge >= 0.3 is 5.97 Å². The van der Waals surface area contributed by atoms with E-state index < -0.39 is 0 Å². The van der Waals surface area contributed by atoms with Crippen LogP contribution in [-0.2, 0) is 14.3 Å². The van der Waals surface area contributed by atoms with E-state index >= 15 is 0 Å². The van der Waals surface area contributed by atoms with Gasteiger partial charge in [-0.2, -0.15) is 0 Å². The molecule has 1 heterocycles. The van der Waals surface area contributed by atoms with E-state index in [-0.39, 0.29) is 30.4 Å². The molecule has 1 saturated carbocycles. The van der Waals surface area contributed by atoms with Crippen LogP contribution >= 0.6 is 0 Å². The SMILES string of the molecule is CCC1CCCCC1OC(=O)CC1c2ccccc2C=CN1C(C)=O. The summed E-state index contributed by atoms with van der Waals surface area (Å²) in [5.74, 6) is 0.208. The summed E-state index contributed by atoms with van der Waals surface area (Å²) in [4.78, 5) is 26.3. The van der Waals surface area contributed by atoms with Crippen LogP contribution in [0.1, 0.15) is 69.5 Å². The first-order valence-electron chi connectivity index (χ1n) is 9.35. The molecule has 1 aromatic carbocycles. The Balaban J connectivity index is 1.74. The fraction of sp³-hybridized carbons (Fsp3) is 0.524. The van der Waals surface area contributed by atoms with Crippen molar-refractivity contribution in [2.24, 2.45) is 5.92 Å². The van der Waals surface area contributed by atoms with Crippen LogP contribution in [0.25, 0.3) is 6.08 Å². The molecule has 0 saturated heterocycles. The van der Waals surface area contributed by atoms with E-state index in [0.29, 0.717) is 5.92 Å². The fourth-order valence-corrected chi connectivity index (χ4v) is 4.08. The summed E-state index contributed by atoms with van der Waals surface area (Å²) in [7, 11) is 0. The molecule has 25 heavy (non-hydrogen) atoms. The Morgan fingerprint density at radius 2 is 1.96 bits per heavy atom. The molecular weight excluding hydrogens is 314 g/mol. The Morgan fingerprint density at radius 1 is 1.20 bits per heavy atom. The number of hydrogen-bond donors (Lipinski definition) is 0. The highest BCUT2D eigenvalue weighted by Gasteiger charge is 2.31. The van der Waals surface area contributed by atoms with Gasteiger partial charge < -0.3 is 9.64 Å². The van der Waals surface area contributed by atoms with Gasteiger partial charge in [-0.05, 0) is 48.8 Å². The molecule has 0 aromatic heterocycles. The summed E-state index contributed by atoms with van der Waals surface area (Å²) in [6, 6.07) is 7.63. The molecule has 0 radical (unpaired) electrons. The topological polar surface area (TPSA) is 46.6 Å². The van der Waals surface area contributed by atoms with Crippen molar-refractivity contribution in [2.75, 3.05) is 0 Å². The molecule has 1 aliphatic carbocycles. The predicted molar refractivity (Wildman–Crippen MR) is 97.5 cm³/mol. The smallest absolute Gasteiger partial charge is 0.308 e. The first-order chi connectivity index (χ1) is 12.1. The van der Waals surface area contributed by atoms with Crippen LogP contribution in [-0.4, -0.2) is 22.9 Å². The van der Waals surface area contributed by atoms with Crippen LogP contribution in [0.3, 0.4) is 0 Å². The third kappa shape index (κ3) is 3.94. The monoisotopic (exact) mass is 341 g/mol. The third-order valence-electron chi connectivity index (χ3n) is 5.48. The number of rotatable bonds is 4. The van der Waals surface area contributed by atoms with Gasteiger partial charge in [-0.3, -0.25) is 9.59 Å². The second kappa shape index (κ2) is 7.85. The van der Waals surface area contributed by atoms with Crippen molar-refractivity contribution >= 4 is 18.0 Å². The molecule has 1 amide bonds. The van der Waals surface area contributed by atoms with Gasteiger partial charge in [0.25, 0.3) is 0 Å². The van der Waals surface area contributed by atoms with E-state index in [1.54, 1.807) is 11.1 Å². The van der Waals surface area contributed by atoms with Gasteiger partial charge in [0.2, 0.25) is 5.91 Å². The number of carbonyl (C=O) groups excluding carboxylic acids is 2. The zero-order valence-electron chi connectivity index (χ0n) is 15.1. The predicted octanol–water partition coefficient (Wildman–Crippen LogP) is 4.46.